The molecule has 2 fully saturated rings. The Hall–Kier alpha value is -2.94. The fourth-order valence-electron chi connectivity index (χ4n) is 4.73. The highest BCUT2D eigenvalue weighted by atomic mass is 35.5. The van der Waals surface area contributed by atoms with Crippen LogP contribution in [0.3, 0.4) is 0 Å². The number of anilines is 1. The second-order valence-corrected chi connectivity index (χ2v) is 8.89. The maximum atomic E-state index is 12.8. The highest BCUT2D eigenvalue weighted by Gasteiger charge is 2.38. The van der Waals surface area contributed by atoms with E-state index >= 15 is 0 Å². The smallest absolute Gasteiger partial charge is 0.253 e. The van der Waals surface area contributed by atoms with Crippen molar-refractivity contribution >= 4 is 34.2 Å². The molecule has 2 aliphatic rings. The quantitative estimate of drug-likeness (QED) is 0.630. The number of amides is 1. The van der Waals surface area contributed by atoms with E-state index in [1.807, 2.05) is 23.1 Å². The zero-order valence-electron chi connectivity index (χ0n) is 18.4. The summed E-state index contributed by atoms with van der Waals surface area (Å²) in [5, 5.41) is 12.4. The van der Waals surface area contributed by atoms with E-state index in [0.29, 0.717) is 49.9 Å². The van der Waals surface area contributed by atoms with Gasteiger partial charge in [-0.05, 0) is 42.5 Å². The molecular weight excluding hydrogens is 442 g/mol. The third kappa shape index (κ3) is 4.34. The molecule has 2 aromatic carbocycles. The van der Waals surface area contributed by atoms with Gasteiger partial charge in [-0.3, -0.25) is 9.69 Å². The van der Waals surface area contributed by atoms with Crippen LogP contribution in [0.4, 0.5) is 5.82 Å². The average molecular weight is 468 g/mol. The molecule has 1 amide bonds. The van der Waals surface area contributed by atoms with Crippen LogP contribution in [0.2, 0.25) is 5.02 Å². The fourth-order valence-corrected chi connectivity index (χ4v) is 4.86. The molecule has 0 unspecified atom stereocenters. The molecule has 3 heterocycles. The molecule has 0 radical (unpaired) electrons. The number of benzene rings is 2. The average Bonchev–Trinajstić information content (AvgIpc) is 3.24. The Bertz CT molecular complexity index is 1150. The van der Waals surface area contributed by atoms with Gasteiger partial charge in [-0.1, -0.05) is 11.6 Å². The van der Waals surface area contributed by atoms with E-state index in [1.54, 1.807) is 37.7 Å². The first kappa shape index (κ1) is 21.9. The van der Waals surface area contributed by atoms with Crippen LogP contribution in [-0.2, 0) is 0 Å². The number of nitrogens with zero attached hydrogens (tertiary/aromatic N) is 5. The Morgan fingerprint density at radius 3 is 2.55 bits per heavy atom. The van der Waals surface area contributed by atoms with Crippen LogP contribution in [0.15, 0.2) is 48.8 Å². The number of methoxy groups -OCH3 is 1. The van der Waals surface area contributed by atoms with Gasteiger partial charge in [-0.15, -0.1) is 0 Å². The van der Waals surface area contributed by atoms with E-state index in [9.17, 15) is 9.90 Å². The van der Waals surface area contributed by atoms with E-state index in [1.165, 1.54) is 0 Å². The van der Waals surface area contributed by atoms with Crippen LogP contribution in [0.5, 0.6) is 5.75 Å². The molecule has 5 rings (SSSR count). The zero-order chi connectivity index (χ0) is 22.9. The molecular formula is C24H26ClN5O3. The van der Waals surface area contributed by atoms with Gasteiger partial charge >= 0.3 is 0 Å². The Labute approximate surface area is 197 Å². The monoisotopic (exact) mass is 467 g/mol. The summed E-state index contributed by atoms with van der Waals surface area (Å²) in [5.41, 5.74) is 1.49. The number of rotatable bonds is 4. The number of fused-ring (bicyclic) bond motifs is 1. The van der Waals surface area contributed by atoms with Crippen LogP contribution in [0, 0.1) is 0 Å². The van der Waals surface area contributed by atoms with Crippen molar-refractivity contribution in [1.82, 2.24) is 19.8 Å². The van der Waals surface area contributed by atoms with Crippen LogP contribution < -0.4 is 9.64 Å². The molecule has 3 aromatic rings. The van der Waals surface area contributed by atoms with Crippen molar-refractivity contribution in [3.8, 4) is 5.75 Å². The van der Waals surface area contributed by atoms with Crippen molar-refractivity contribution in [3.05, 3.63) is 59.4 Å². The van der Waals surface area contributed by atoms with E-state index in [4.69, 9.17) is 16.3 Å². The number of aliphatic hydroxyl groups is 1. The SMILES string of the molecule is COc1ccc2ncnc(N3C[C@H](O)[C@@H](N4CCN(C(=O)c5ccc(Cl)cc5)CC4)C3)c2c1. The van der Waals surface area contributed by atoms with Crippen LogP contribution in [0.1, 0.15) is 10.4 Å². The molecule has 9 heteroatoms. The molecule has 8 nitrogen and oxygen atoms in total. The summed E-state index contributed by atoms with van der Waals surface area (Å²) < 4.78 is 5.37. The van der Waals surface area contributed by atoms with Gasteiger partial charge in [0.2, 0.25) is 0 Å². The first-order valence-electron chi connectivity index (χ1n) is 11.0. The number of hydrogen-bond acceptors (Lipinski definition) is 7. The lowest BCUT2D eigenvalue weighted by Crippen LogP contribution is -2.54. The first-order chi connectivity index (χ1) is 16.0. The maximum Gasteiger partial charge on any atom is 0.253 e. The number of aromatic nitrogens is 2. The van der Waals surface area contributed by atoms with Crippen molar-refractivity contribution in [3.63, 3.8) is 0 Å². The van der Waals surface area contributed by atoms with E-state index in [-0.39, 0.29) is 11.9 Å². The van der Waals surface area contributed by atoms with Gasteiger partial charge < -0.3 is 19.6 Å². The molecule has 0 saturated carbocycles. The van der Waals surface area contributed by atoms with Gasteiger partial charge in [0.25, 0.3) is 5.91 Å². The Morgan fingerprint density at radius 2 is 1.82 bits per heavy atom. The predicted molar refractivity (Wildman–Crippen MR) is 127 cm³/mol. The number of ether oxygens (including phenoxy) is 1. The third-order valence-corrected chi connectivity index (χ3v) is 6.79. The second-order valence-electron chi connectivity index (χ2n) is 8.46. The second kappa shape index (κ2) is 9.13. The lowest BCUT2D eigenvalue weighted by atomic mass is 10.1. The van der Waals surface area contributed by atoms with Gasteiger partial charge in [0.15, 0.2) is 0 Å². The summed E-state index contributed by atoms with van der Waals surface area (Å²) in [7, 11) is 1.64. The summed E-state index contributed by atoms with van der Waals surface area (Å²) in [5.74, 6) is 1.56. The Kier molecular flexibility index (Phi) is 6.05. The van der Waals surface area contributed by atoms with Crippen LogP contribution in [0.25, 0.3) is 10.9 Å². The molecule has 0 spiro atoms. The topological polar surface area (TPSA) is 82.0 Å². The predicted octanol–water partition coefficient (Wildman–Crippen LogP) is 2.30. The minimum absolute atomic E-state index is 0.0151. The molecule has 0 aliphatic carbocycles. The van der Waals surface area contributed by atoms with Gasteiger partial charge in [0, 0.05) is 55.2 Å². The molecule has 172 valence electrons. The largest absolute Gasteiger partial charge is 0.497 e. The van der Waals surface area contributed by atoms with Crippen molar-refractivity contribution in [2.45, 2.75) is 12.1 Å². The number of halogens is 1. The van der Waals surface area contributed by atoms with Crippen LogP contribution in [-0.4, -0.2) is 89.3 Å². The summed E-state index contributed by atoms with van der Waals surface area (Å²) in [4.78, 5) is 27.9. The summed E-state index contributed by atoms with van der Waals surface area (Å²) >= 11 is 5.94. The maximum absolute atomic E-state index is 12.8. The van der Waals surface area contributed by atoms with Gasteiger partial charge in [0.05, 0.1) is 24.8 Å². The van der Waals surface area contributed by atoms with Crippen molar-refractivity contribution < 1.29 is 14.6 Å². The first-order valence-corrected chi connectivity index (χ1v) is 11.4. The number of carbonyl (C=O) groups is 1. The molecule has 1 aromatic heterocycles. The van der Waals surface area contributed by atoms with Crippen molar-refractivity contribution in [1.29, 1.82) is 0 Å². The number of aliphatic hydroxyl groups excluding tert-OH is 1. The van der Waals surface area contributed by atoms with E-state index in [2.05, 4.69) is 19.8 Å². The minimum atomic E-state index is -0.501. The standard InChI is InChI=1S/C24H26ClN5O3/c1-33-18-6-7-20-19(12-18)23(27-15-26-20)30-13-21(22(31)14-30)28-8-10-29(11-9-28)24(32)16-2-4-17(25)5-3-16/h2-7,12,15,21-22,31H,8-11,13-14H2,1H3/t21-,22-/m0/s1. The molecule has 1 N–H and O–H groups in total. The van der Waals surface area contributed by atoms with Gasteiger partial charge in [0.1, 0.15) is 17.9 Å². The van der Waals surface area contributed by atoms with E-state index < -0.39 is 6.10 Å². The summed E-state index contributed by atoms with van der Waals surface area (Å²) in [6.45, 7) is 3.84. The Balaban J connectivity index is 1.26. The number of β-amino-alcohol motifs (C(OH)–C–C–N with tert-alkyl or cyclic N) is 1. The Morgan fingerprint density at radius 1 is 1.06 bits per heavy atom. The molecule has 2 aliphatic heterocycles. The van der Waals surface area contributed by atoms with Crippen molar-refractivity contribution in [2.75, 3.05) is 51.3 Å². The lowest BCUT2D eigenvalue weighted by Gasteiger charge is -2.38. The third-order valence-electron chi connectivity index (χ3n) is 6.54. The lowest BCUT2D eigenvalue weighted by molar-refractivity contribution is 0.0376. The molecule has 2 saturated heterocycles. The number of piperazine rings is 1. The minimum Gasteiger partial charge on any atom is -0.497 e. The molecule has 2 atom stereocenters. The molecule has 0 bridgehead atoms. The zero-order valence-corrected chi connectivity index (χ0v) is 19.1. The highest BCUT2D eigenvalue weighted by Crippen LogP contribution is 2.30. The van der Waals surface area contributed by atoms with Crippen LogP contribution >= 0.6 is 11.6 Å². The fraction of sp³-hybridized carbons (Fsp3) is 0.375. The normalized spacial score (nSPS) is 21.5. The number of hydrogen-bond donors (Lipinski definition) is 1. The number of carbonyl (C=O) groups excluding carboxylic acids is 1. The van der Waals surface area contributed by atoms with Gasteiger partial charge in [-0.2, -0.15) is 0 Å². The molecule has 33 heavy (non-hydrogen) atoms. The highest BCUT2D eigenvalue weighted by molar-refractivity contribution is 6.30. The van der Waals surface area contributed by atoms with Gasteiger partial charge in [-0.25, -0.2) is 9.97 Å². The summed E-state index contributed by atoms with van der Waals surface area (Å²) in [6, 6.07) is 12.7. The van der Waals surface area contributed by atoms with E-state index in [0.717, 1.165) is 22.5 Å². The summed E-state index contributed by atoms with van der Waals surface area (Å²) in [6.07, 6.45) is 1.06. The van der Waals surface area contributed by atoms with Crippen molar-refractivity contribution in [2.24, 2.45) is 0 Å².